The van der Waals surface area contributed by atoms with Crippen LogP contribution in [0.4, 0.5) is 5.82 Å². The number of aromatic nitrogens is 4. The standard InChI is InChI=1S/C24H23N5O2/c1-15-6-5-7-18(14-15)22-23(28-13-4-3-8-20(28)25-22)26-24(31)16(2)29-21(30)12-11-19(27-29)17-9-10-17/h3-8,11-14,16-17H,9-10H2,1-2H3,(H,26,31). The molecule has 1 fully saturated rings. The smallest absolute Gasteiger partial charge is 0.267 e. The van der Waals surface area contributed by atoms with Crippen LogP contribution in [0.25, 0.3) is 16.9 Å². The fourth-order valence-electron chi connectivity index (χ4n) is 3.76. The molecule has 0 aliphatic heterocycles. The van der Waals surface area contributed by atoms with Crippen LogP contribution in [0.1, 0.15) is 43.0 Å². The van der Waals surface area contributed by atoms with E-state index in [0.29, 0.717) is 17.4 Å². The summed E-state index contributed by atoms with van der Waals surface area (Å²) in [5.74, 6) is 0.653. The van der Waals surface area contributed by atoms with Crippen molar-refractivity contribution in [2.24, 2.45) is 0 Å². The summed E-state index contributed by atoms with van der Waals surface area (Å²) in [6, 6.07) is 16.2. The predicted molar refractivity (Wildman–Crippen MR) is 119 cm³/mol. The lowest BCUT2D eigenvalue weighted by Crippen LogP contribution is -2.33. The SMILES string of the molecule is Cc1cccc(-c2nc3ccccn3c2NC(=O)C(C)n2nc(C3CC3)ccc2=O)c1. The molecule has 1 unspecified atom stereocenters. The highest BCUT2D eigenvalue weighted by Crippen LogP contribution is 2.38. The van der Waals surface area contributed by atoms with E-state index < -0.39 is 6.04 Å². The number of pyridine rings is 1. The first-order valence-electron chi connectivity index (χ1n) is 10.5. The average molecular weight is 413 g/mol. The van der Waals surface area contributed by atoms with Crippen molar-refractivity contribution >= 4 is 17.4 Å². The van der Waals surface area contributed by atoms with Gasteiger partial charge in [-0.1, -0.05) is 29.8 Å². The Kier molecular flexibility index (Phi) is 4.66. The number of benzene rings is 1. The molecule has 3 heterocycles. The summed E-state index contributed by atoms with van der Waals surface area (Å²) >= 11 is 0. The van der Waals surface area contributed by atoms with E-state index >= 15 is 0 Å². The fraction of sp³-hybridized carbons (Fsp3) is 0.250. The summed E-state index contributed by atoms with van der Waals surface area (Å²) in [4.78, 5) is 30.3. The molecular weight excluding hydrogens is 390 g/mol. The Bertz CT molecular complexity index is 1350. The van der Waals surface area contributed by atoms with Crippen molar-refractivity contribution in [3.8, 4) is 11.3 Å². The van der Waals surface area contributed by atoms with Crippen LogP contribution in [-0.2, 0) is 4.79 Å². The van der Waals surface area contributed by atoms with Crippen molar-refractivity contribution < 1.29 is 4.79 Å². The Balaban J connectivity index is 1.53. The first-order chi connectivity index (χ1) is 15.0. The van der Waals surface area contributed by atoms with E-state index in [1.807, 2.05) is 60.0 Å². The lowest BCUT2D eigenvalue weighted by molar-refractivity contribution is -0.119. The molecule has 1 saturated carbocycles. The van der Waals surface area contributed by atoms with Gasteiger partial charge in [0.1, 0.15) is 23.2 Å². The van der Waals surface area contributed by atoms with Crippen LogP contribution in [0.15, 0.2) is 65.6 Å². The van der Waals surface area contributed by atoms with Crippen LogP contribution in [0.5, 0.6) is 0 Å². The molecule has 1 atom stereocenters. The average Bonchev–Trinajstić information content (AvgIpc) is 3.56. The highest BCUT2D eigenvalue weighted by Gasteiger charge is 2.27. The minimum absolute atomic E-state index is 0.288. The summed E-state index contributed by atoms with van der Waals surface area (Å²) in [5.41, 5.74) is 4.01. The van der Waals surface area contributed by atoms with Crippen molar-refractivity contribution in [3.05, 3.63) is 82.4 Å². The second-order valence-electron chi connectivity index (χ2n) is 8.09. The fourth-order valence-corrected chi connectivity index (χ4v) is 3.76. The van der Waals surface area contributed by atoms with Gasteiger partial charge < -0.3 is 5.32 Å². The van der Waals surface area contributed by atoms with E-state index in [4.69, 9.17) is 4.98 Å². The van der Waals surface area contributed by atoms with Crippen molar-refractivity contribution in [2.75, 3.05) is 5.32 Å². The number of amides is 1. The van der Waals surface area contributed by atoms with Gasteiger partial charge in [0, 0.05) is 23.7 Å². The topological polar surface area (TPSA) is 81.3 Å². The van der Waals surface area contributed by atoms with Gasteiger partial charge in [0.2, 0.25) is 5.91 Å². The molecule has 0 spiro atoms. The van der Waals surface area contributed by atoms with Gasteiger partial charge in [0.15, 0.2) is 0 Å². The summed E-state index contributed by atoms with van der Waals surface area (Å²) in [7, 11) is 0. The van der Waals surface area contributed by atoms with E-state index in [-0.39, 0.29) is 11.5 Å². The summed E-state index contributed by atoms with van der Waals surface area (Å²) in [6.07, 6.45) is 4.01. The van der Waals surface area contributed by atoms with Gasteiger partial charge in [0.05, 0.1) is 5.69 Å². The van der Waals surface area contributed by atoms with Gasteiger partial charge in [-0.15, -0.1) is 0 Å². The van der Waals surface area contributed by atoms with Gasteiger partial charge in [-0.25, -0.2) is 9.67 Å². The number of rotatable bonds is 5. The normalized spacial score (nSPS) is 14.5. The Morgan fingerprint density at radius 3 is 2.74 bits per heavy atom. The number of anilines is 1. The van der Waals surface area contributed by atoms with E-state index in [1.165, 1.54) is 10.7 Å². The third-order valence-corrected chi connectivity index (χ3v) is 5.65. The van der Waals surface area contributed by atoms with E-state index in [0.717, 1.165) is 35.3 Å². The lowest BCUT2D eigenvalue weighted by Gasteiger charge is -2.15. The number of nitrogens with zero attached hydrogens (tertiary/aromatic N) is 4. The van der Waals surface area contributed by atoms with Gasteiger partial charge in [0.25, 0.3) is 5.56 Å². The largest absolute Gasteiger partial charge is 0.308 e. The molecule has 0 saturated heterocycles. The van der Waals surface area contributed by atoms with Gasteiger partial charge in [-0.2, -0.15) is 5.10 Å². The molecule has 0 radical (unpaired) electrons. The van der Waals surface area contributed by atoms with Crippen LogP contribution in [-0.4, -0.2) is 25.1 Å². The van der Waals surface area contributed by atoms with Gasteiger partial charge in [-0.05, 0) is 51.0 Å². The summed E-state index contributed by atoms with van der Waals surface area (Å²) in [6.45, 7) is 3.71. The quantitative estimate of drug-likeness (QED) is 0.537. The first-order valence-corrected chi connectivity index (χ1v) is 10.5. The van der Waals surface area contributed by atoms with Crippen LogP contribution in [0.2, 0.25) is 0 Å². The highest BCUT2D eigenvalue weighted by atomic mass is 16.2. The Hall–Kier alpha value is -3.74. The van der Waals surface area contributed by atoms with Crippen molar-refractivity contribution in [1.29, 1.82) is 0 Å². The molecule has 1 amide bonds. The summed E-state index contributed by atoms with van der Waals surface area (Å²) < 4.78 is 3.12. The van der Waals surface area contributed by atoms with Gasteiger partial charge >= 0.3 is 0 Å². The van der Waals surface area contributed by atoms with Crippen LogP contribution in [0, 0.1) is 6.92 Å². The molecule has 4 aromatic rings. The van der Waals surface area contributed by atoms with Crippen molar-refractivity contribution in [3.63, 3.8) is 0 Å². The minimum Gasteiger partial charge on any atom is -0.308 e. The first kappa shape index (κ1) is 19.2. The Labute approximate surface area is 179 Å². The number of fused-ring (bicyclic) bond motifs is 1. The molecule has 1 N–H and O–H groups in total. The number of carbonyl (C=O) groups excluding carboxylic acids is 1. The maximum absolute atomic E-state index is 13.2. The molecule has 31 heavy (non-hydrogen) atoms. The second kappa shape index (κ2) is 7.50. The zero-order valence-electron chi connectivity index (χ0n) is 17.4. The number of imidazole rings is 1. The van der Waals surface area contributed by atoms with Crippen molar-refractivity contribution in [2.45, 2.75) is 38.6 Å². The molecule has 7 heteroatoms. The molecule has 7 nitrogen and oxygen atoms in total. The maximum atomic E-state index is 13.2. The zero-order valence-corrected chi connectivity index (χ0v) is 17.4. The zero-order chi connectivity index (χ0) is 21.5. The molecular formula is C24H23N5O2. The number of nitrogens with one attached hydrogen (secondary N) is 1. The molecule has 3 aromatic heterocycles. The number of hydrogen-bond donors (Lipinski definition) is 1. The molecule has 1 aliphatic carbocycles. The monoisotopic (exact) mass is 413 g/mol. The number of hydrogen-bond acceptors (Lipinski definition) is 4. The van der Waals surface area contributed by atoms with Crippen LogP contribution >= 0.6 is 0 Å². The number of carbonyl (C=O) groups is 1. The minimum atomic E-state index is -0.758. The van der Waals surface area contributed by atoms with E-state index in [9.17, 15) is 9.59 Å². The number of aryl methyl sites for hydroxylation is 1. The van der Waals surface area contributed by atoms with E-state index in [1.54, 1.807) is 13.0 Å². The van der Waals surface area contributed by atoms with Gasteiger partial charge in [-0.3, -0.25) is 14.0 Å². The Morgan fingerprint density at radius 1 is 1.13 bits per heavy atom. The second-order valence-corrected chi connectivity index (χ2v) is 8.09. The van der Waals surface area contributed by atoms with Crippen LogP contribution in [0.3, 0.4) is 0 Å². The molecule has 1 aromatic carbocycles. The molecule has 0 bridgehead atoms. The molecule has 156 valence electrons. The van der Waals surface area contributed by atoms with Crippen LogP contribution < -0.4 is 10.9 Å². The third kappa shape index (κ3) is 3.63. The molecule has 1 aliphatic rings. The highest BCUT2D eigenvalue weighted by molar-refractivity contribution is 5.96. The maximum Gasteiger partial charge on any atom is 0.267 e. The third-order valence-electron chi connectivity index (χ3n) is 5.65. The molecule has 5 rings (SSSR count). The van der Waals surface area contributed by atoms with E-state index in [2.05, 4.69) is 10.4 Å². The predicted octanol–water partition coefficient (Wildman–Crippen LogP) is 3.94. The van der Waals surface area contributed by atoms with Crippen molar-refractivity contribution in [1.82, 2.24) is 19.2 Å². The lowest BCUT2D eigenvalue weighted by atomic mass is 10.1. The summed E-state index contributed by atoms with van der Waals surface area (Å²) in [5, 5.41) is 7.46. The Morgan fingerprint density at radius 2 is 1.97 bits per heavy atom.